The Hall–Kier alpha value is -5.24. The number of amides is 1. The SMILES string of the molecule is Cc1cnc(Nc2cc(C)n(C)n2)nc1-c1c[nH]c2c(N3Cc4cccc(-c5ccccc5)c4C3=O)cccc12. The third-order valence-corrected chi connectivity index (χ3v) is 7.59. The molecule has 1 aliphatic rings. The predicted octanol–water partition coefficient (Wildman–Crippen LogP) is 6.55. The number of aryl methyl sites for hydroxylation is 3. The van der Waals surface area contributed by atoms with Crippen LogP contribution >= 0.6 is 0 Å². The van der Waals surface area contributed by atoms with Crippen molar-refractivity contribution in [1.82, 2.24) is 24.7 Å². The summed E-state index contributed by atoms with van der Waals surface area (Å²) in [4.78, 5) is 28.5. The van der Waals surface area contributed by atoms with Crippen molar-refractivity contribution in [2.75, 3.05) is 10.2 Å². The second kappa shape index (κ2) is 9.20. The van der Waals surface area contributed by atoms with Gasteiger partial charge in [-0.15, -0.1) is 0 Å². The highest BCUT2D eigenvalue weighted by molar-refractivity contribution is 6.17. The molecular weight excluding hydrogens is 498 g/mol. The maximum absolute atomic E-state index is 13.9. The van der Waals surface area contributed by atoms with Gasteiger partial charge in [-0.1, -0.05) is 60.7 Å². The number of carbonyl (C=O) groups is 1. The summed E-state index contributed by atoms with van der Waals surface area (Å²) in [5, 5.41) is 8.67. The second-order valence-corrected chi connectivity index (χ2v) is 10.1. The Kier molecular flexibility index (Phi) is 5.48. The minimum Gasteiger partial charge on any atom is -0.359 e. The van der Waals surface area contributed by atoms with Gasteiger partial charge in [0.2, 0.25) is 5.95 Å². The number of aromatic amines is 1. The summed E-state index contributed by atoms with van der Waals surface area (Å²) in [6, 6.07) is 24.2. The van der Waals surface area contributed by atoms with Crippen LogP contribution in [-0.2, 0) is 13.6 Å². The summed E-state index contributed by atoms with van der Waals surface area (Å²) in [5.41, 5.74) is 9.29. The minimum atomic E-state index is 0.00783. The lowest BCUT2D eigenvalue weighted by atomic mass is 9.97. The van der Waals surface area contributed by atoms with E-state index in [4.69, 9.17) is 4.98 Å². The number of H-pyrrole nitrogens is 1. The zero-order valence-electron chi connectivity index (χ0n) is 22.4. The van der Waals surface area contributed by atoms with Gasteiger partial charge >= 0.3 is 0 Å². The molecule has 0 bridgehead atoms. The van der Waals surface area contributed by atoms with E-state index in [1.165, 1.54) is 0 Å². The normalized spacial score (nSPS) is 12.8. The quantitative estimate of drug-likeness (QED) is 0.266. The van der Waals surface area contributed by atoms with Gasteiger partial charge in [-0.25, -0.2) is 9.97 Å². The van der Waals surface area contributed by atoms with Gasteiger partial charge in [0.15, 0.2) is 5.82 Å². The molecular formula is C32H27N7O. The molecule has 7 rings (SSSR count). The van der Waals surface area contributed by atoms with Gasteiger partial charge < -0.3 is 15.2 Å². The molecule has 0 saturated heterocycles. The molecule has 1 amide bonds. The fraction of sp³-hybridized carbons (Fsp3) is 0.125. The molecule has 3 aromatic carbocycles. The third kappa shape index (κ3) is 3.84. The lowest BCUT2D eigenvalue weighted by Crippen LogP contribution is -2.23. The number of carbonyl (C=O) groups excluding carboxylic acids is 1. The van der Waals surface area contributed by atoms with Crippen molar-refractivity contribution < 1.29 is 4.79 Å². The number of para-hydroxylation sites is 1. The summed E-state index contributed by atoms with van der Waals surface area (Å²) in [5.74, 6) is 1.18. The molecule has 2 N–H and O–H groups in total. The van der Waals surface area contributed by atoms with Crippen molar-refractivity contribution in [3.05, 3.63) is 108 Å². The summed E-state index contributed by atoms with van der Waals surface area (Å²) in [6.45, 7) is 4.51. The van der Waals surface area contributed by atoms with Gasteiger partial charge in [0, 0.05) is 42.2 Å². The van der Waals surface area contributed by atoms with Crippen molar-refractivity contribution in [1.29, 1.82) is 0 Å². The summed E-state index contributed by atoms with van der Waals surface area (Å²) in [6.07, 6.45) is 3.77. The Balaban J connectivity index is 1.27. The smallest absolute Gasteiger partial charge is 0.259 e. The van der Waals surface area contributed by atoms with E-state index in [0.29, 0.717) is 18.3 Å². The largest absolute Gasteiger partial charge is 0.359 e. The highest BCUT2D eigenvalue weighted by atomic mass is 16.2. The number of rotatable bonds is 5. The second-order valence-electron chi connectivity index (χ2n) is 10.1. The number of nitrogens with zero attached hydrogens (tertiary/aromatic N) is 5. The number of hydrogen-bond donors (Lipinski definition) is 2. The van der Waals surface area contributed by atoms with E-state index in [1.807, 2.05) is 105 Å². The Morgan fingerprint density at radius 2 is 1.77 bits per heavy atom. The molecule has 8 heteroatoms. The van der Waals surface area contributed by atoms with Crippen molar-refractivity contribution in [2.45, 2.75) is 20.4 Å². The van der Waals surface area contributed by atoms with Crippen LogP contribution < -0.4 is 10.2 Å². The van der Waals surface area contributed by atoms with E-state index >= 15 is 0 Å². The molecule has 3 aromatic heterocycles. The van der Waals surface area contributed by atoms with E-state index in [9.17, 15) is 4.79 Å². The van der Waals surface area contributed by atoms with Crippen LogP contribution in [0, 0.1) is 13.8 Å². The first-order chi connectivity index (χ1) is 19.5. The maximum Gasteiger partial charge on any atom is 0.259 e. The molecule has 8 nitrogen and oxygen atoms in total. The molecule has 0 spiro atoms. The topological polar surface area (TPSA) is 91.7 Å². The standard InChI is InChI=1S/C32H27N7O/c1-19-16-34-32(35-27-15-20(2)38(3)37-27)36-29(19)25-17-33-30-24(25)13-8-14-26(30)39-18-22-11-7-12-23(28(22)31(39)40)21-9-5-4-6-10-21/h4-17,33H,18H2,1-3H3,(H,34,35,36,37). The minimum absolute atomic E-state index is 0.00783. The monoisotopic (exact) mass is 525 g/mol. The fourth-order valence-electron chi connectivity index (χ4n) is 5.48. The van der Waals surface area contributed by atoms with Crippen LogP contribution in [0.4, 0.5) is 17.5 Å². The predicted molar refractivity (Wildman–Crippen MR) is 158 cm³/mol. The zero-order chi connectivity index (χ0) is 27.4. The molecule has 0 aliphatic carbocycles. The number of hydrogen-bond acceptors (Lipinski definition) is 5. The van der Waals surface area contributed by atoms with Gasteiger partial charge in [-0.05, 0) is 42.2 Å². The highest BCUT2D eigenvalue weighted by Gasteiger charge is 2.32. The van der Waals surface area contributed by atoms with E-state index in [0.717, 1.165) is 61.4 Å². The van der Waals surface area contributed by atoms with Crippen LogP contribution in [0.5, 0.6) is 0 Å². The number of benzene rings is 3. The van der Waals surface area contributed by atoms with Crippen molar-refractivity contribution in [3.8, 4) is 22.4 Å². The lowest BCUT2D eigenvalue weighted by Gasteiger charge is -2.17. The Morgan fingerprint density at radius 1 is 0.950 bits per heavy atom. The van der Waals surface area contributed by atoms with Crippen LogP contribution in [0.2, 0.25) is 0 Å². The van der Waals surface area contributed by atoms with Gasteiger partial charge in [0.1, 0.15) is 0 Å². The first-order valence-electron chi connectivity index (χ1n) is 13.2. The van der Waals surface area contributed by atoms with E-state index < -0.39 is 0 Å². The molecule has 1 aliphatic heterocycles. The van der Waals surface area contributed by atoms with Crippen LogP contribution in [0.3, 0.4) is 0 Å². The van der Waals surface area contributed by atoms with Crippen molar-refractivity contribution >= 4 is 34.3 Å². The fourth-order valence-corrected chi connectivity index (χ4v) is 5.48. The van der Waals surface area contributed by atoms with E-state index in [-0.39, 0.29) is 5.91 Å². The zero-order valence-corrected chi connectivity index (χ0v) is 22.4. The molecule has 0 atom stereocenters. The van der Waals surface area contributed by atoms with E-state index in [2.05, 4.69) is 26.4 Å². The molecule has 196 valence electrons. The average molecular weight is 526 g/mol. The number of anilines is 3. The maximum atomic E-state index is 13.9. The third-order valence-electron chi connectivity index (χ3n) is 7.59. The lowest BCUT2D eigenvalue weighted by molar-refractivity contribution is 0.0997. The molecule has 40 heavy (non-hydrogen) atoms. The highest BCUT2D eigenvalue weighted by Crippen LogP contribution is 2.40. The summed E-state index contributed by atoms with van der Waals surface area (Å²) >= 11 is 0. The first kappa shape index (κ1) is 23.8. The molecule has 4 heterocycles. The summed E-state index contributed by atoms with van der Waals surface area (Å²) < 4.78 is 1.80. The molecule has 0 saturated carbocycles. The van der Waals surface area contributed by atoms with E-state index in [1.54, 1.807) is 4.68 Å². The summed E-state index contributed by atoms with van der Waals surface area (Å²) in [7, 11) is 1.90. The average Bonchev–Trinajstić information content (AvgIpc) is 3.65. The number of fused-ring (bicyclic) bond motifs is 2. The van der Waals surface area contributed by atoms with Crippen LogP contribution in [0.1, 0.15) is 27.2 Å². The van der Waals surface area contributed by atoms with Gasteiger partial charge in [-0.2, -0.15) is 5.10 Å². The first-order valence-corrected chi connectivity index (χ1v) is 13.2. The number of nitrogens with one attached hydrogen (secondary N) is 2. The van der Waals surface area contributed by atoms with Crippen LogP contribution in [-0.4, -0.2) is 30.6 Å². The van der Waals surface area contributed by atoms with Gasteiger partial charge in [0.05, 0.1) is 29.0 Å². The molecule has 0 fully saturated rings. The van der Waals surface area contributed by atoms with Crippen LogP contribution in [0.25, 0.3) is 33.3 Å². The molecule has 0 unspecified atom stereocenters. The van der Waals surface area contributed by atoms with Crippen molar-refractivity contribution in [2.24, 2.45) is 7.05 Å². The van der Waals surface area contributed by atoms with Crippen LogP contribution in [0.15, 0.2) is 85.2 Å². The van der Waals surface area contributed by atoms with Crippen molar-refractivity contribution in [3.63, 3.8) is 0 Å². The Bertz CT molecular complexity index is 1900. The molecule has 6 aromatic rings. The molecule has 0 radical (unpaired) electrons. The Labute approximate surface area is 231 Å². The number of aromatic nitrogens is 5. The van der Waals surface area contributed by atoms with Gasteiger partial charge in [-0.3, -0.25) is 9.48 Å². The van der Waals surface area contributed by atoms with Gasteiger partial charge in [0.25, 0.3) is 5.91 Å². The Morgan fingerprint density at radius 3 is 2.58 bits per heavy atom.